The van der Waals surface area contributed by atoms with Gasteiger partial charge in [-0.3, -0.25) is 0 Å². The van der Waals surface area contributed by atoms with E-state index in [1.807, 2.05) is 0 Å². The SMILES string of the molecule is Fc1cccc(O[C@H]2CCCNC2)c1. The quantitative estimate of drug-likeness (QED) is 0.778. The minimum atomic E-state index is -0.244. The van der Waals surface area contributed by atoms with Crippen molar-refractivity contribution < 1.29 is 9.13 Å². The molecule has 0 spiro atoms. The lowest BCUT2D eigenvalue weighted by Gasteiger charge is -2.23. The van der Waals surface area contributed by atoms with Crippen LogP contribution in [0.3, 0.4) is 0 Å². The predicted molar refractivity (Wildman–Crippen MR) is 52.9 cm³/mol. The molecule has 2 rings (SSSR count). The third-order valence-electron chi connectivity index (χ3n) is 2.35. The molecule has 0 bridgehead atoms. The molecule has 1 heterocycles. The summed E-state index contributed by atoms with van der Waals surface area (Å²) in [5, 5.41) is 3.25. The van der Waals surface area contributed by atoms with Crippen LogP contribution in [0.15, 0.2) is 24.3 Å². The van der Waals surface area contributed by atoms with E-state index in [0.717, 1.165) is 25.9 Å². The van der Waals surface area contributed by atoms with E-state index in [1.54, 1.807) is 12.1 Å². The number of rotatable bonds is 2. The first kappa shape index (κ1) is 9.46. The highest BCUT2D eigenvalue weighted by molar-refractivity contribution is 5.22. The lowest BCUT2D eigenvalue weighted by atomic mass is 10.1. The van der Waals surface area contributed by atoms with E-state index in [-0.39, 0.29) is 11.9 Å². The molecule has 1 aromatic carbocycles. The van der Waals surface area contributed by atoms with Gasteiger partial charge in [-0.2, -0.15) is 0 Å². The Morgan fingerprint density at radius 1 is 1.43 bits per heavy atom. The lowest BCUT2D eigenvalue weighted by molar-refractivity contribution is 0.166. The highest BCUT2D eigenvalue weighted by Gasteiger charge is 2.14. The van der Waals surface area contributed by atoms with Gasteiger partial charge in [0, 0.05) is 12.6 Å². The van der Waals surface area contributed by atoms with E-state index < -0.39 is 0 Å². The topological polar surface area (TPSA) is 21.3 Å². The average Bonchev–Trinajstić information content (AvgIpc) is 2.19. The molecular weight excluding hydrogens is 181 g/mol. The van der Waals surface area contributed by atoms with Crippen LogP contribution in [0.1, 0.15) is 12.8 Å². The Balaban J connectivity index is 1.95. The Labute approximate surface area is 83.1 Å². The fourth-order valence-electron chi connectivity index (χ4n) is 1.65. The Hall–Kier alpha value is -1.09. The van der Waals surface area contributed by atoms with Gasteiger partial charge in [0.15, 0.2) is 0 Å². The van der Waals surface area contributed by atoms with Crippen LogP contribution in [0.4, 0.5) is 4.39 Å². The summed E-state index contributed by atoms with van der Waals surface area (Å²) in [6.07, 6.45) is 2.36. The molecule has 0 amide bonds. The van der Waals surface area contributed by atoms with Crippen molar-refractivity contribution in [1.82, 2.24) is 5.32 Å². The molecule has 76 valence electrons. The Kier molecular flexibility index (Phi) is 2.99. The molecule has 0 saturated carbocycles. The maximum absolute atomic E-state index is 12.8. The highest BCUT2D eigenvalue weighted by Crippen LogP contribution is 2.16. The van der Waals surface area contributed by atoms with E-state index in [1.165, 1.54) is 12.1 Å². The number of hydrogen-bond donors (Lipinski definition) is 1. The van der Waals surface area contributed by atoms with Gasteiger partial charge in [-0.1, -0.05) is 6.07 Å². The van der Waals surface area contributed by atoms with Gasteiger partial charge in [0.1, 0.15) is 17.7 Å². The maximum Gasteiger partial charge on any atom is 0.126 e. The van der Waals surface area contributed by atoms with Gasteiger partial charge in [0.25, 0.3) is 0 Å². The predicted octanol–water partition coefficient (Wildman–Crippen LogP) is 1.96. The Morgan fingerprint density at radius 2 is 2.36 bits per heavy atom. The van der Waals surface area contributed by atoms with Gasteiger partial charge >= 0.3 is 0 Å². The van der Waals surface area contributed by atoms with Crippen LogP contribution < -0.4 is 10.1 Å². The molecule has 1 aliphatic heterocycles. The summed E-state index contributed by atoms with van der Waals surface area (Å²) >= 11 is 0. The smallest absolute Gasteiger partial charge is 0.126 e. The molecule has 2 nitrogen and oxygen atoms in total. The third-order valence-corrected chi connectivity index (χ3v) is 2.35. The first-order valence-electron chi connectivity index (χ1n) is 4.97. The van der Waals surface area contributed by atoms with Crippen molar-refractivity contribution >= 4 is 0 Å². The summed E-state index contributed by atoms with van der Waals surface area (Å²) in [4.78, 5) is 0. The fraction of sp³-hybridized carbons (Fsp3) is 0.455. The summed E-state index contributed by atoms with van der Waals surface area (Å²) in [5.41, 5.74) is 0. The van der Waals surface area contributed by atoms with Crippen molar-refractivity contribution in [3.8, 4) is 5.75 Å². The van der Waals surface area contributed by atoms with Gasteiger partial charge in [-0.15, -0.1) is 0 Å². The van der Waals surface area contributed by atoms with E-state index in [4.69, 9.17) is 4.74 Å². The van der Waals surface area contributed by atoms with Crippen LogP contribution in [-0.2, 0) is 0 Å². The van der Waals surface area contributed by atoms with Gasteiger partial charge in [0.05, 0.1) is 0 Å². The number of hydrogen-bond acceptors (Lipinski definition) is 2. The number of piperidine rings is 1. The molecule has 0 radical (unpaired) electrons. The summed E-state index contributed by atoms with van der Waals surface area (Å²) in [6.45, 7) is 1.92. The largest absolute Gasteiger partial charge is 0.489 e. The summed E-state index contributed by atoms with van der Waals surface area (Å²) < 4.78 is 18.5. The maximum atomic E-state index is 12.8. The molecule has 3 heteroatoms. The molecule has 0 aromatic heterocycles. The molecule has 1 fully saturated rings. The molecular formula is C11H14FNO. The van der Waals surface area contributed by atoms with E-state index in [2.05, 4.69) is 5.32 Å². The highest BCUT2D eigenvalue weighted by atomic mass is 19.1. The normalized spacial score (nSPS) is 21.9. The summed E-state index contributed by atoms with van der Waals surface area (Å²) in [5.74, 6) is 0.380. The standard InChI is InChI=1S/C11H14FNO/c12-9-3-1-4-10(7-9)14-11-5-2-6-13-8-11/h1,3-4,7,11,13H,2,5-6,8H2/t11-/m0/s1. The lowest BCUT2D eigenvalue weighted by Crippen LogP contribution is -2.37. The average molecular weight is 195 g/mol. The first-order chi connectivity index (χ1) is 6.84. The molecule has 1 N–H and O–H groups in total. The van der Waals surface area contributed by atoms with Gasteiger partial charge in [0.2, 0.25) is 0 Å². The monoisotopic (exact) mass is 195 g/mol. The van der Waals surface area contributed by atoms with Crippen molar-refractivity contribution in [3.63, 3.8) is 0 Å². The van der Waals surface area contributed by atoms with Crippen molar-refractivity contribution in [3.05, 3.63) is 30.1 Å². The minimum Gasteiger partial charge on any atom is -0.489 e. The Morgan fingerprint density at radius 3 is 3.07 bits per heavy atom. The summed E-state index contributed by atoms with van der Waals surface area (Å²) in [6, 6.07) is 6.30. The zero-order valence-corrected chi connectivity index (χ0v) is 8.00. The Bertz CT molecular complexity index is 297. The number of nitrogens with one attached hydrogen (secondary N) is 1. The second-order valence-electron chi connectivity index (χ2n) is 3.54. The van der Waals surface area contributed by atoms with Crippen LogP contribution in [0.2, 0.25) is 0 Å². The van der Waals surface area contributed by atoms with E-state index in [0.29, 0.717) is 5.75 Å². The molecule has 1 saturated heterocycles. The van der Waals surface area contributed by atoms with Crippen molar-refractivity contribution in [2.45, 2.75) is 18.9 Å². The third kappa shape index (κ3) is 2.45. The van der Waals surface area contributed by atoms with Crippen LogP contribution in [0, 0.1) is 5.82 Å². The fourth-order valence-corrected chi connectivity index (χ4v) is 1.65. The minimum absolute atomic E-state index is 0.186. The number of halogens is 1. The van der Waals surface area contributed by atoms with E-state index in [9.17, 15) is 4.39 Å². The zero-order valence-electron chi connectivity index (χ0n) is 8.00. The van der Waals surface area contributed by atoms with Crippen LogP contribution in [0.5, 0.6) is 5.75 Å². The van der Waals surface area contributed by atoms with Crippen molar-refractivity contribution in [1.29, 1.82) is 0 Å². The molecule has 1 atom stereocenters. The van der Waals surface area contributed by atoms with Gasteiger partial charge < -0.3 is 10.1 Å². The van der Waals surface area contributed by atoms with Gasteiger partial charge in [-0.05, 0) is 31.5 Å². The van der Waals surface area contributed by atoms with Gasteiger partial charge in [-0.25, -0.2) is 4.39 Å². The number of benzene rings is 1. The van der Waals surface area contributed by atoms with Crippen LogP contribution in [-0.4, -0.2) is 19.2 Å². The number of ether oxygens (including phenoxy) is 1. The van der Waals surface area contributed by atoms with Crippen molar-refractivity contribution in [2.24, 2.45) is 0 Å². The molecule has 1 aromatic rings. The molecule has 0 aliphatic carbocycles. The molecule has 1 aliphatic rings. The second-order valence-corrected chi connectivity index (χ2v) is 3.54. The summed E-state index contributed by atoms with van der Waals surface area (Å²) in [7, 11) is 0. The van der Waals surface area contributed by atoms with Crippen LogP contribution in [0.25, 0.3) is 0 Å². The molecule has 14 heavy (non-hydrogen) atoms. The molecule has 0 unspecified atom stereocenters. The first-order valence-corrected chi connectivity index (χ1v) is 4.97. The van der Waals surface area contributed by atoms with Crippen LogP contribution >= 0.6 is 0 Å². The zero-order chi connectivity index (χ0) is 9.80. The van der Waals surface area contributed by atoms with E-state index >= 15 is 0 Å². The second kappa shape index (κ2) is 4.42. The van der Waals surface area contributed by atoms with Crippen molar-refractivity contribution in [2.75, 3.05) is 13.1 Å².